The van der Waals surface area contributed by atoms with Gasteiger partial charge in [-0.05, 0) is 30.5 Å². The fourth-order valence-electron chi connectivity index (χ4n) is 2.35. The molecule has 6 heteroatoms. The molecule has 2 N–H and O–H groups in total. The monoisotopic (exact) mass is 336 g/mol. The first-order chi connectivity index (χ1) is 11.0. The molecule has 2 aromatic rings. The molecule has 2 aromatic carbocycles. The van der Waals surface area contributed by atoms with E-state index in [0.29, 0.717) is 12.0 Å². The Hall–Kier alpha value is -1.76. The second-order valence-electron chi connectivity index (χ2n) is 5.32. The van der Waals surface area contributed by atoms with Crippen LogP contribution in [0.3, 0.4) is 0 Å². The van der Waals surface area contributed by atoms with E-state index in [1.807, 2.05) is 30.3 Å². The molecular weight excluding hydrogens is 315 g/mol. The fraction of sp³-hybridized carbons (Fsp3) is 0.294. The average Bonchev–Trinajstić information content (AvgIpc) is 2.54. The normalized spacial score (nSPS) is 11.8. The van der Waals surface area contributed by atoms with Crippen molar-refractivity contribution >= 4 is 10.0 Å². The number of sulfonamides is 1. The lowest BCUT2D eigenvalue weighted by molar-refractivity contribution is 0.417. The summed E-state index contributed by atoms with van der Waals surface area (Å²) in [7, 11) is -3.91. The van der Waals surface area contributed by atoms with E-state index >= 15 is 0 Å². The molecule has 23 heavy (non-hydrogen) atoms. The number of aryl methyl sites for hydroxylation is 1. The molecule has 0 aliphatic heterocycles. The fourth-order valence-corrected chi connectivity index (χ4v) is 3.95. The Kier molecular flexibility index (Phi) is 5.87. The van der Waals surface area contributed by atoms with E-state index in [2.05, 4.69) is 0 Å². The maximum absolute atomic E-state index is 14.2. The van der Waals surface area contributed by atoms with Crippen LogP contribution in [0.4, 0.5) is 4.39 Å². The minimum absolute atomic E-state index is 0.155. The third kappa shape index (κ3) is 4.16. The van der Waals surface area contributed by atoms with Crippen LogP contribution in [0.2, 0.25) is 0 Å². The predicted molar refractivity (Wildman–Crippen MR) is 89.1 cm³/mol. The summed E-state index contributed by atoms with van der Waals surface area (Å²) in [5, 5.41) is 0. The highest BCUT2D eigenvalue weighted by Crippen LogP contribution is 2.21. The number of nitrogens with zero attached hydrogens (tertiary/aromatic N) is 1. The average molecular weight is 336 g/mol. The molecule has 124 valence electrons. The lowest BCUT2D eigenvalue weighted by Crippen LogP contribution is -2.37. The molecule has 0 atom stereocenters. The molecule has 0 aliphatic carbocycles. The molecule has 0 amide bonds. The van der Waals surface area contributed by atoms with Crippen LogP contribution in [0.15, 0.2) is 53.4 Å². The van der Waals surface area contributed by atoms with Gasteiger partial charge in [0.2, 0.25) is 10.0 Å². The second-order valence-corrected chi connectivity index (χ2v) is 7.22. The van der Waals surface area contributed by atoms with Crippen molar-refractivity contribution in [2.45, 2.75) is 18.2 Å². The van der Waals surface area contributed by atoms with Gasteiger partial charge in [-0.15, -0.1) is 0 Å². The summed E-state index contributed by atoms with van der Waals surface area (Å²) in [6, 6.07) is 14.0. The maximum atomic E-state index is 14.2. The highest BCUT2D eigenvalue weighted by atomic mass is 32.2. The molecule has 0 fully saturated rings. The molecule has 0 bridgehead atoms. The van der Waals surface area contributed by atoms with E-state index in [9.17, 15) is 12.8 Å². The number of nitrogens with two attached hydrogens (primary N) is 1. The van der Waals surface area contributed by atoms with Gasteiger partial charge in [0.05, 0.1) is 0 Å². The van der Waals surface area contributed by atoms with Gasteiger partial charge < -0.3 is 5.73 Å². The molecule has 0 heterocycles. The number of benzene rings is 2. The zero-order valence-electron chi connectivity index (χ0n) is 13.1. The zero-order chi connectivity index (χ0) is 16.9. The number of hydrogen-bond donors (Lipinski definition) is 1. The standard InChI is InChI=1S/C17H21FN2O2S/c1-14-6-5-9-16(17(14)18)23(21,22)20(13-11-19)12-10-15-7-3-2-4-8-15/h2-9H,10-13,19H2,1H3. The van der Waals surface area contributed by atoms with Gasteiger partial charge in [-0.3, -0.25) is 0 Å². The minimum Gasteiger partial charge on any atom is -0.329 e. The van der Waals surface area contributed by atoms with Crippen LogP contribution in [-0.4, -0.2) is 32.4 Å². The summed E-state index contributed by atoms with van der Waals surface area (Å²) in [5.74, 6) is -0.700. The van der Waals surface area contributed by atoms with Gasteiger partial charge in [0.1, 0.15) is 10.7 Å². The molecule has 0 aliphatic rings. The van der Waals surface area contributed by atoms with Crippen molar-refractivity contribution in [3.05, 3.63) is 65.5 Å². The summed E-state index contributed by atoms with van der Waals surface area (Å²) in [6.07, 6.45) is 0.549. The Morgan fingerprint density at radius 3 is 2.39 bits per heavy atom. The van der Waals surface area contributed by atoms with Gasteiger partial charge in [0.25, 0.3) is 0 Å². The molecular formula is C17H21FN2O2S. The van der Waals surface area contributed by atoms with Crippen molar-refractivity contribution in [3.63, 3.8) is 0 Å². The van der Waals surface area contributed by atoms with E-state index in [4.69, 9.17) is 5.73 Å². The SMILES string of the molecule is Cc1cccc(S(=O)(=O)N(CCN)CCc2ccccc2)c1F. The Morgan fingerprint density at radius 2 is 1.74 bits per heavy atom. The van der Waals surface area contributed by atoms with E-state index in [-0.39, 0.29) is 24.5 Å². The van der Waals surface area contributed by atoms with Crippen LogP contribution >= 0.6 is 0 Å². The topological polar surface area (TPSA) is 63.4 Å². The van der Waals surface area contributed by atoms with Crippen LogP contribution < -0.4 is 5.73 Å². The first-order valence-corrected chi connectivity index (χ1v) is 8.90. The van der Waals surface area contributed by atoms with Crippen LogP contribution in [-0.2, 0) is 16.4 Å². The van der Waals surface area contributed by atoms with E-state index in [1.165, 1.54) is 10.4 Å². The maximum Gasteiger partial charge on any atom is 0.246 e. The Morgan fingerprint density at radius 1 is 1.04 bits per heavy atom. The summed E-state index contributed by atoms with van der Waals surface area (Å²) in [6.45, 7) is 2.15. The van der Waals surface area contributed by atoms with Gasteiger partial charge in [0.15, 0.2) is 0 Å². The van der Waals surface area contributed by atoms with Crippen LogP contribution in [0.25, 0.3) is 0 Å². The van der Waals surface area contributed by atoms with Crippen LogP contribution in [0, 0.1) is 12.7 Å². The molecule has 0 unspecified atom stereocenters. The van der Waals surface area contributed by atoms with Gasteiger partial charge in [-0.2, -0.15) is 4.31 Å². The summed E-state index contributed by atoms with van der Waals surface area (Å²) in [4.78, 5) is -0.293. The highest BCUT2D eigenvalue weighted by Gasteiger charge is 2.27. The molecule has 0 saturated carbocycles. The van der Waals surface area contributed by atoms with Crippen molar-refractivity contribution in [2.24, 2.45) is 5.73 Å². The first kappa shape index (κ1) is 17.6. The smallest absolute Gasteiger partial charge is 0.246 e. The lowest BCUT2D eigenvalue weighted by Gasteiger charge is -2.22. The third-order valence-corrected chi connectivity index (χ3v) is 5.56. The number of rotatable bonds is 7. The molecule has 0 radical (unpaired) electrons. The summed E-state index contributed by atoms with van der Waals surface area (Å²) in [5.41, 5.74) is 6.87. The minimum atomic E-state index is -3.91. The van der Waals surface area contributed by atoms with Crippen molar-refractivity contribution in [1.29, 1.82) is 0 Å². The van der Waals surface area contributed by atoms with Crippen LogP contribution in [0.5, 0.6) is 0 Å². The molecule has 4 nitrogen and oxygen atoms in total. The summed E-state index contributed by atoms with van der Waals surface area (Å²) < 4.78 is 41.0. The zero-order valence-corrected chi connectivity index (χ0v) is 13.9. The van der Waals surface area contributed by atoms with Gasteiger partial charge in [0, 0.05) is 19.6 Å². The highest BCUT2D eigenvalue weighted by molar-refractivity contribution is 7.89. The van der Waals surface area contributed by atoms with Crippen LogP contribution in [0.1, 0.15) is 11.1 Å². The second kappa shape index (κ2) is 7.68. The van der Waals surface area contributed by atoms with E-state index in [0.717, 1.165) is 5.56 Å². The first-order valence-electron chi connectivity index (χ1n) is 7.46. The Labute approximate surface area is 136 Å². The van der Waals surface area contributed by atoms with E-state index in [1.54, 1.807) is 19.1 Å². The van der Waals surface area contributed by atoms with E-state index < -0.39 is 15.8 Å². The van der Waals surface area contributed by atoms with Gasteiger partial charge in [-0.1, -0.05) is 42.5 Å². The predicted octanol–water partition coefficient (Wildman–Crippen LogP) is 2.33. The number of hydrogen-bond acceptors (Lipinski definition) is 3. The lowest BCUT2D eigenvalue weighted by atomic mass is 10.1. The van der Waals surface area contributed by atoms with Gasteiger partial charge in [-0.25, -0.2) is 12.8 Å². The Bertz CT molecular complexity index is 748. The van der Waals surface area contributed by atoms with Gasteiger partial charge >= 0.3 is 0 Å². The largest absolute Gasteiger partial charge is 0.329 e. The molecule has 2 rings (SSSR count). The third-order valence-electron chi connectivity index (χ3n) is 3.65. The van der Waals surface area contributed by atoms with Crippen molar-refractivity contribution < 1.29 is 12.8 Å². The quantitative estimate of drug-likeness (QED) is 0.844. The molecule has 0 aromatic heterocycles. The van der Waals surface area contributed by atoms with Crippen molar-refractivity contribution in [3.8, 4) is 0 Å². The molecule has 0 spiro atoms. The number of halogens is 1. The summed E-state index contributed by atoms with van der Waals surface area (Å²) >= 11 is 0. The Balaban J connectivity index is 2.26. The van der Waals surface area contributed by atoms with Crippen molar-refractivity contribution in [1.82, 2.24) is 4.31 Å². The van der Waals surface area contributed by atoms with Crippen molar-refractivity contribution in [2.75, 3.05) is 19.6 Å². The molecule has 0 saturated heterocycles.